The number of benzene rings is 1. The van der Waals surface area contributed by atoms with Gasteiger partial charge in [-0.1, -0.05) is 31.5 Å². The second-order valence-electron chi connectivity index (χ2n) is 4.63. The van der Waals surface area contributed by atoms with E-state index < -0.39 is 0 Å². The molecule has 1 aromatic carbocycles. The van der Waals surface area contributed by atoms with Gasteiger partial charge in [0, 0.05) is 24.6 Å². The fourth-order valence-corrected chi connectivity index (χ4v) is 1.83. The Hall–Kier alpha value is -1.84. The van der Waals surface area contributed by atoms with Crippen molar-refractivity contribution in [2.24, 2.45) is 0 Å². The van der Waals surface area contributed by atoms with Crippen LogP contribution in [-0.2, 0) is 4.79 Å². The third-order valence-corrected chi connectivity index (χ3v) is 2.80. The van der Waals surface area contributed by atoms with Crippen LogP contribution in [0.3, 0.4) is 0 Å². The minimum atomic E-state index is -0.144. The Labute approximate surface area is 114 Å². The molecule has 0 aliphatic heterocycles. The molecule has 1 atom stereocenters. The average Bonchev–Trinajstić information content (AvgIpc) is 2.39. The van der Waals surface area contributed by atoms with E-state index in [1.165, 1.54) is 0 Å². The van der Waals surface area contributed by atoms with Crippen LogP contribution in [-0.4, -0.2) is 24.4 Å². The molecule has 0 bridgehead atoms. The fraction of sp³-hybridized carbons (Fsp3) is 0.467. The van der Waals surface area contributed by atoms with E-state index in [-0.39, 0.29) is 17.9 Å². The molecule has 0 fully saturated rings. The van der Waals surface area contributed by atoms with E-state index in [9.17, 15) is 9.59 Å². The van der Waals surface area contributed by atoms with Crippen LogP contribution in [0, 0.1) is 0 Å². The Morgan fingerprint density at radius 2 is 1.89 bits per heavy atom. The number of carbonyl (C=O) groups excluding carboxylic acids is 2. The molecule has 1 rings (SSSR count). The average molecular weight is 262 g/mol. The molecule has 104 valence electrons. The van der Waals surface area contributed by atoms with Crippen molar-refractivity contribution in [2.75, 3.05) is 6.54 Å². The minimum Gasteiger partial charge on any atom is -0.354 e. The molecule has 19 heavy (non-hydrogen) atoms. The molecule has 0 aromatic heterocycles. The van der Waals surface area contributed by atoms with E-state index in [1.807, 2.05) is 25.1 Å². The Balaban J connectivity index is 2.23. The predicted octanol–water partition coefficient (Wildman–Crippen LogP) is 2.11. The Morgan fingerprint density at radius 1 is 1.21 bits per heavy atom. The molecule has 0 aliphatic carbocycles. The van der Waals surface area contributed by atoms with Crippen molar-refractivity contribution >= 4 is 11.8 Å². The zero-order chi connectivity index (χ0) is 14.1. The first-order chi connectivity index (χ1) is 9.13. The van der Waals surface area contributed by atoms with Gasteiger partial charge in [0.2, 0.25) is 5.91 Å². The van der Waals surface area contributed by atoms with Crippen molar-refractivity contribution in [1.29, 1.82) is 0 Å². The smallest absolute Gasteiger partial charge is 0.251 e. The summed E-state index contributed by atoms with van der Waals surface area (Å²) >= 11 is 0. The molecule has 4 heteroatoms. The molecule has 0 saturated heterocycles. The van der Waals surface area contributed by atoms with Crippen molar-refractivity contribution in [3.8, 4) is 0 Å². The van der Waals surface area contributed by atoms with Gasteiger partial charge in [-0.2, -0.15) is 0 Å². The first-order valence-electron chi connectivity index (χ1n) is 6.76. The SMILES string of the molecule is CCC[C@@H](C)NC(=O)CCNC(=O)c1ccccc1. The lowest BCUT2D eigenvalue weighted by Crippen LogP contribution is -2.35. The Bertz CT molecular complexity index is 404. The van der Waals surface area contributed by atoms with Gasteiger partial charge in [0.25, 0.3) is 5.91 Å². The van der Waals surface area contributed by atoms with Crippen LogP contribution in [0.2, 0.25) is 0 Å². The van der Waals surface area contributed by atoms with Gasteiger partial charge in [0.15, 0.2) is 0 Å². The lowest BCUT2D eigenvalue weighted by Gasteiger charge is -2.12. The van der Waals surface area contributed by atoms with Gasteiger partial charge in [-0.25, -0.2) is 0 Å². The molecule has 2 amide bonds. The summed E-state index contributed by atoms with van der Waals surface area (Å²) < 4.78 is 0. The summed E-state index contributed by atoms with van der Waals surface area (Å²) in [4.78, 5) is 23.3. The first kappa shape index (κ1) is 15.2. The van der Waals surface area contributed by atoms with Crippen molar-refractivity contribution in [2.45, 2.75) is 39.2 Å². The van der Waals surface area contributed by atoms with Crippen LogP contribution in [0.4, 0.5) is 0 Å². The largest absolute Gasteiger partial charge is 0.354 e. The highest BCUT2D eigenvalue weighted by Gasteiger charge is 2.08. The summed E-state index contributed by atoms with van der Waals surface area (Å²) in [5.74, 6) is -0.163. The second kappa shape index (κ2) is 8.29. The van der Waals surface area contributed by atoms with Gasteiger partial charge < -0.3 is 10.6 Å². The van der Waals surface area contributed by atoms with E-state index in [0.29, 0.717) is 18.5 Å². The van der Waals surface area contributed by atoms with Crippen LogP contribution < -0.4 is 10.6 Å². The lowest BCUT2D eigenvalue weighted by atomic mass is 10.2. The number of nitrogens with one attached hydrogen (secondary N) is 2. The Kier molecular flexibility index (Phi) is 6.64. The highest BCUT2D eigenvalue weighted by atomic mass is 16.2. The van der Waals surface area contributed by atoms with Crippen LogP contribution in [0.5, 0.6) is 0 Å². The van der Waals surface area contributed by atoms with Crippen molar-refractivity contribution in [1.82, 2.24) is 10.6 Å². The standard InChI is InChI=1S/C15H22N2O2/c1-3-7-12(2)17-14(18)10-11-16-15(19)13-8-5-4-6-9-13/h4-6,8-9,12H,3,7,10-11H2,1-2H3,(H,16,19)(H,17,18)/t12-/m1/s1. The van der Waals surface area contributed by atoms with Gasteiger partial charge >= 0.3 is 0 Å². The second-order valence-corrected chi connectivity index (χ2v) is 4.63. The van der Waals surface area contributed by atoms with Gasteiger partial charge in [-0.05, 0) is 25.5 Å². The number of carbonyl (C=O) groups is 2. The number of rotatable bonds is 7. The van der Waals surface area contributed by atoms with Crippen LogP contribution in [0.25, 0.3) is 0 Å². The molecule has 0 heterocycles. The van der Waals surface area contributed by atoms with Crippen molar-refractivity contribution in [3.63, 3.8) is 0 Å². The van der Waals surface area contributed by atoms with Crippen molar-refractivity contribution < 1.29 is 9.59 Å². The molecule has 0 unspecified atom stereocenters. The monoisotopic (exact) mass is 262 g/mol. The highest BCUT2D eigenvalue weighted by molar-refractivity contribution is 5.94. The Morgan fingerprint density at radius 3 is 2.53 bits per heavy atom. The number of hydrogen-bond donors (Lipinski definition) is 2. The molecule has 4 nitrogen and oxygen atoms in total. The molecule has 2 N–H and O–H groups in total. The molecular weight excluding hydrogens is 240 g/mol. The summed E-state index contributed by atoms with van der Waals surface area (Å²) in [7, 11) is 0. The van der Waals surface area contributed by atoms with Crippen LogP contribution in [0.1, 0.15) is 43.5 Å². The molecule has 0 saturated carbocycles. The maximum absolute atomic E-state index is 11.7. The predicted molar refractivity (Wildman–Crippen MR) is 75.9 cm³/mol. The topological polar surface area (TPSA) is 58.2 Å². The third-order valence-electron chi connectivity index (χ3n) is 2.80. The van der Waals surface area contributed by atoms with Crippen LogP contribution >= 0.6 is 0 Å². The summed E-state index contributed by atoms with van der Waals surface area (Å²) in [6, 6.07) is 9.18. The summed E-state index contributed by atoms with van der Waals surface area (Å²) in [5, 5.41) is 5.64. The molecule has 0 aliphatic rings. The van der Waals surface area contributed by atoms with E-state index >= 15 is 0 Å². The molecule has 1 aromatic rings. The zero-order valence-electron chi connectivity index (χ0n) is 11.6. The maximum Gasteiger partial charge on any atom is 0.251 e. The van der Waals surface area contributed by atoms with E-state index in [0.717, 1.165) is 12.8 Å². The van der Waals surface area contributed by atoms with E-state index in [1.54, 1.807) is 12.1 Å². The molecule has 0 radical (unpaired) electrons. The minimum absolute atomic E-state index is 0.0192. The van der Waals surface area contributed by atoms with Crippen molar-refractivity contribution in [3.05, 3.63) is 35.9 Å². The van der Waals surface area contributed by atoms with Gasteiger partial charge in [0.05, 0.1) is 0 Å². The summed E-state index contributed by atoms with van der Waals surface area (Å²) in [6.07, 6.45) is 2.33. The van der Waals surface area contributed by atoms with Gasteiger partial charge in [0.1, 0.15) is 0 Å². The number of amides is 2. The molecule has 0 spiro atoms. The maximum atomic E-state index is 11.7. The highest BCUT2D eigenvalue weighted by Crippen LogP contribution is 1.98. The van der Waals surface area contributed by atoms with E-state index in [2.05, 4.69) is 17.6 Å². The summed E-state index contributed by atoms with van der Waals surface area (Å²) in [6.45, 7) is 4.44. The summed E-state index contributed by atoms with van der Waals surface area (Å²) in [5.41, 5.74) is 0.613. The van der Waals surface area contributed by atoms with Crippen LogP contribution in [0.15, 0.2) is 30.3 Å². The van der Waals surface area contributed by atoms with E-state index in [4.69, 9.17) is 0 Å². The zero-order valence-corrected chi connectivity index (χ0v) is 11.6. The quantitative estimate of drug-likeness (QED) is 0.790. The first-order valence-corrected chi connectivity index (χ1v) is 6.76. The fourth-order valence-electron chi connectivity index (χ4n) is 1.83. The normalized spacial score (nSPS) is 11.7. The van der Waals surface area contributed by atoms with Gasteiger partial charge in [-0.15, -0.1) is 0 Å². The number of hydrogen-bond acceptors (Lipinski definition) is 2. The van der Waals surface area contributed by atoms with Gasteiger partial charge in [-0.3, -0.25) is 9.59 Å². The third kappa shape index (κ3) is 6.04. The lowest BCUT2D eigenvalue weighted by molar-refractivity contribution is -0.121. The molecular formula is C15H22N2O2.